The number of benzene rings is 2. The Morgan fingerprint density at radius 2 is 2.10 bits per heavy atom. The highest BCUT2D eigenvalue weighted by atomic mass is 16.4. The normalized spacial score (nSPS) is 13.9. The number of nitrogens with zero attached hydrogens (tertiary/aromatic N) is 1. The van der Waals surface area contributed by atoms with Gasteiger partial charge in [0.05, 0.1) is 16.9 Å². The van der Waals surface area contributed by atoms with Crippen molar-refractivity contribution in [1.82, 2.24) is 0 Å². The molecule has 3 N–H and O–H groups in total. The molecule has 1 aliphatic rings. The number of hydrogen-bond donors (Lipinski definition) is 2. The second-order valence-corrected chi connectivity index (χ2v) is 5.44. The monoisotopic (exact) mass is 282 g/mol. The predicted octanol–water partition coefficient (Wildman–Crippen LogP) is 3.36. The molecule has 0 bridgehead atoms. The largest absolute Gasteiger partial charge is 0.478 e. The van der Waals surface area contributed by atoms with Crippen LogP contribution in [-0.2, 0) is 6.42 Å². The standard InChI is InChI=1S/C17H18N2O2/c1-11-7-8-15-12(10-11)4-3-9-19(15)16-13(17(20)21)5-2-6-14(16)18/h2,5-8,10H,3-4,9,18H2,1H3,(H,20,21). The van der Waals surface area contributed by atoms with Crippen molar-refractivity contribution < 1.29 is 9.90 Å². The molecule has 108 valence electrons. The average Bonchev–Trinajstić information content (AvgIpc) is 2.46. The van der Waals surface area contributed by atoms with Crippen molar-refractivity contribution in [2.45, 2.75) is 19.8 Å². The van der Waals surface area contributed by atoms with E-state index in [0.717, 1.165) is 25.1 Å². The first-order valence-corrected chi connectivity index (χ1v) is 7.07. The van der Waals surface area contributed by atoms with Crippen molar-refractivity contribution in [3.8, 4) is 0 Å². The number of aryl methyl sites for hydroxylation is 2. The van der Waals surface area contributed by atoms with Crippen LogP contribution in [0, 0.1) is 6.92 Å². The summed E-state index contributed by atoms with van der Waals surface area (Å²) in [6.45, 7) is 2.85. The number of rotatable bonds is 2. The fraction of sp³-hybridized carbons (Fsp3) is 0.235. The number of carbonyl (C=O) groups is 1. The summed E-state index contributed by atoms with van der Waals surface area (Å²) in [5, 5.41) is 9.43. The van der Waals surface area contributed by atoms with Gasteiger partial charge in [0.25, 0.3) is 0 Å². The topological polar surface area (TPSA) is 66.6 Å². The van der Waals surface area contributed by atoms with Crippen LogP contribution in [-0.4, -0.2) is 17.6 Å². The maximum atomic E-state index is 11.5. The Morgan fingerprint density at radius 3 is 2.86 bits per heavy atom. The Balaban J connectivity index is 2.18. The van der Waals surface area contributed by atoms with E-state index in [9.17, 15) is 9.90 Å². The highest BCUT2D eigenvalue weighted by Crippen LogP contribution is 2.38. The van der Waals surface area contributed by atoms with Crippen LogP contribution in [0.2, 0.25) is 0 Å². The van der Waals surface area contributed by atoms with E-state index in [1.165, 1.54) is 11.1 Å². The van der Waals surface area contributed by atoms with Gasteiger partial charge in [0.1, 0.15) is 0 Å². The van der Waals surface area contributed by atoms with Crippen LogP contribution in [0.5, 0.6) is 0 Å². The molecule has 1 heterocycles. The number of fused-ring (bicyclic) bond motifs is 1. The molecule has 0 aromatic heterocycles. The van der Waals surface area contributed by atoms with Crippen molar-refractivity contribution in [2.24, 2.45) is 0 Å². The lowest BCUT2D eigenvalue weighted by Gasteiger charge is -2.33. The quantitative estimate of drug-likeness (QED) is 0.829. The number of carboxylic acid groups (broad SMARTS) is 1. The maximum absolute atomic E-state index is 11.5. The van der Waals surface area contributed by atoms with E-state index in [1.807, 2.05) is 4.90 Å². The van der Waals surface area contributed by atoms with Crippen molar-refractivity contribution in [3.05, 3.63) is 53.1 Å². The predicted molar refractivity (Wildman–Crippen MR) is 84.3 cm³/mol. The van der Waals surface area contributed by atoms with Gasteiger partial charge in [-0.2, -0.15) is 0 Å². The van der Waals surface area contributed by atoms with Crippen LogP contribution in [0.15, 0.2) is 36.4 Å². The van der Waals surface area contributed by atoms with E-state index in [0.29, 0.717) is 11.4 Å². The number of nitrogens with two attached hydrogens (primary N) is 1. The molecule has 1 aliphatic heterocycles. The zero-order valence-corrected chi connectivity index (χ0v) is 12.0. The minimum absolute atomic E-state index is 0.253. The van der Waals surface area contributed by atoms with E-state index < -0.39 is 5.97 Å². The minimum Gasteiger partial charge on any atom is -0.478 e. The van der Waals surface area contributed by atoms with Gasteiger partial charge in [0.2, 0.25) is 0 Å². The molecule has 0 saturated heterocycles. The van der Waals surface area contributed by atoms with Gasteiger partial charge in [-0.3, -0.25) is 0 Å². The van der Waals surface area contributed by atoms with E-state index in [1.54, 1.807) is 18.2 Å². The molecule has 0 aliphatic carbocycles. The first-order chi connectivity index (χ1) is 10.1. The highest BCUT2D eigenvalue weighted by molar-refractivity contribution is 5.99. The molecule has 0 amide bonds. The summed E-state index contributed by atoms with van der Waals surface area (Å²) < 4.78 is 0. The van der Waals surface area contributed by atoms with Crippen LogP contribution < -0.4 is 10.6 Å². The second kappa shape index (κ2) is 5.13. The van der Waals surface area contributed by atoms with Gasteiger partial charge in [-0.25, -0.2) is 4.79 Å². The molecule has 2 aromatic carbocycles. The smallest absolute Gasteiger partial charge is 0.337 e. The van der Waals surface area contributed by atoms with Crippen LogP contribution in [0.25, 0.3) is 0 Å². The second-order valence-electron chi connectivity index (χ2n) is 5.44. The van der Waals surface area contributed by atoms with Crippen LogP contribution in [0.4, 0.5) is 17.1 Å². The zero-order chi connectivity index (χ0) is 15.0. The maximum Gasteiger partial charge on any atom is 0.337 e. The number of hydrogen-bond acceptors (Lipinski definition) is 3. The third kappa shape index (κ3) is 2.33. The SMILES string of the molecule is Cc1ccc2c(c1)CCCN2c1c(N)cccc1C(=O)O. The lowest BCUT2D eigenvalue weighted by atomic mass is 9.97. The van der Waals surface area contributed by atoms with Crippen LogP contribution >= 0.6 is 0 Å². The van der Waals surface area contributed by atoms with Gasteiger partial charge < -0.3 is 15.7 Å². The molecule has 0 radical (unpaired) electrons. The number of carboxylic acids is 1. The van der Waals surface area contributed by atoms with Crippen LogP contribution in [0.1, 0.15) is 27.9 Å². The molecule has 0 atom stereocenters. The Bertz CT molecular complexity index is 710. The summed E-state index contributed by atoms with van der Waals surface area (Å²) in [5.41, 5.74) is 11.0. The van der Waals surface area contributed by atoms with Gasteiger partial charge in [0, 0.05) is 12.2 Å². The number of aromatic carboxylic acids is 1. The third-order valence-electron chi connectivity index (χ3n) is 3.92. The summed E-state index contributed by atoms with van der Waals surface area (Å²) >= 11 is 0. The fourth-order valence-corrected chi connectivity index (χ4v) is 2.99. The molecule has 2 aromatic rings. The number of anilines is 3. The van der Waals surface area contributed by atoms with Gasteiger partial charge >= 0.3 is 5.97 Å². The molecular formula is C17H18N2O2. The van der Waals surface area contributed by atoms with E-state index >= 15 is 0 Å². The summed E-state index contributed by atoms with van der Waals surface area (Å²) in [6, 6.07) is 11.3. The van der Waals surface area contributed by atoms with E-state index in [4.69, 9.17) is 5.73 Å². The van der Waals surface area contributed by atoms with Crippen LogP contribution in [0.3, 0.4) is 0 Å². The molecule has 4 nitrogen and oxygen atoms in total. The van der Waals surface area contributed by atoms with Crippen molar-refractivity contribution >= 4 is 23.0 Å². The molecule has 0 fully saturated rings. The molecular weight excluding hydrogens is 264 g/mol. The molecule has 4 heteroatoms. The van der Waals surface area contributed by atoms with Gasteiger partial charge in [-0.15, -0.1) is 0 Å². The minimum atomic E-state index is -0.948. The van der Waals surface area contributed by atoms with Crippen molar-refractivity contribution in [3.63, 3.8) is 0 Å². The molecule has 21 heavy (non-hydrogen) atoms. The Kier molecular flexibility index (Phi) is 3.29. The summed E-state index contributed by atoms with van der Waals surface area (Å²) in [6.07, 6.45) is 2.01. The Hall–Kier alpha value is -2.49. The molecule has 0 saturated carbocycles. The summed E-state index contributed by atoms with van der Waals surface area (Å²) in [4.78, 5) is 13.5. The first-order valence-electron chi connectivity index (χ1n) is 7.07. The lowest BCUT2D eigenvalue weighted by molar-refractivity contribution is 0.0697. The third-order valence-corrected chi connectivity index (χ3v) is 3.92. The Labute approximate surface area is 123 Å². The Morgan fingerprint density at radius 1 is 1.29 bits per heavy atom. The van der Waals surface area contributed by atoms with E-state index in [-0.39, 0.29) is 5.56 Å². The lowest BCUT2D eigenvalue weighted by Crippen LogP contribution is -2.27. The fourth-order valence-electron chi connectivity index (χ4n) is 2.99. The molecule has 0 unspecified atom stereocenters. The molecule has 0 spiro atoms. The highest BCUT2D eigenvalue weighted by Gasteiger charge is 2.24. The molecule has 3 rings (SSSR count). The van der Waals surface area contributed by atoms with Gasteiger partial charge in [-0.05, 0) is 43.5 Å². The van der Waals surface area contributed by atoms with E-state index in [2.05, 4.69) is 25.1 Å². The van der Waals surface area contributed by atoms with Crippen molar-refractivity contribution in [1.29, 1.82) is 0 Å². The zero-order valence-electron chi connectivity index (χ0n) is 12.0. The van der Waals surface area contributed by atoms with Gasteiger partial charge in [-0.1, -0.05) is 23.8 Å². The summed E-state index contributed by atoms with van der Waals surface area (Å²) in [5.74, 6) is -0.948. The number of para-hydroxylation sites is 1. The average molecular weight is 282 g/mol. The first kappa shape index (κ1) is 13.5. The summed E-state index contributed by atoms with van der Waals surface area (Å²) in [7, 11) is 0. The number of nitrogen functional groups attached to an aromatic ring is 1. The van der Waals surface area contributed by atoms with Gasteiger partial charge in [0.15, 0.2) is 0 Å². The van der Waals surface area contributed by atoms with Crippen molar-refractivity contribution in [2.75, 3.05) is 17.2 Å².